The number of carbonyl (C=O) groups is 2. The Labute approximate surface area is 160 Å². The Morgan fingerprint density at radius 2 is 1.52 bits per heavy atom. The van der Waals surface area contributed by atoms with Crippen molar-refractivity contribution in [2.24, 2.45) is 5.92 Å². The molecule has 2 aromatic rings. The molecule has 2 fully saturated rings. The van der Waals surface area contributed by atoms with Crippen LogP contribution in [0.4, 0.5) is 4.79 Å². The Balaban J connectivity index is 1.66. The van der Waals surface area contributed by atoms with E-state index in [1.54, 1.807) is 0 Å². The first-order valence-electron chi connectivity index (χ1n) is 9.92. The predicted octanol–water partition coefficient (Wildman–Crippen LogP) is 4.26. The largest absolute Gasteiger partial charge is 0.325 e. The highest BCUT2D eigenvalue weighted by Crippen LogP contribution is 2.34. The summed E-state index contributed by atoms with van der Waals surface area (Å²) in [6.07, 6.45) is 6.33. The van der Waals surface area contributed by atoms with Gasteiger partial charge in [-0.1, -0.05) is 79.9 Å². The van der Waals surface area contributed by atoms with Gasteiger partial charge >= 0.3 is 6.03 Å². The van der Waals surface area contributed by atoms with Gasteiger partial charge in [0.2, 0.25) is 0 Å². The van der Waals surface area contributed by atoms with Gasteiger partial charge in [0.1, 0.15) is 0 Å². The molecule has 1 aliphatic heterocycles. The summed E-state index contributed by atoms with van der Waals surface area (Å²) in [7, 11) is 0. The fourth-order valence-electron chi connectivity index (χ4n) is 4.46. The first-order valence-corrected chi connectivity index (χ1v) is 9.92. The van der Waals surface area contributed by atoms with E-state index in [2.05, 4.69) is 5.32 Å². The highest BCUT2D eigenvalue weighted by molar-refractivity contribution is 6.07. The third-order valence-corrected chi connectivity index (χ3v) is 5.92. The second kappa shape index (κ2) is 7.55. The van der Waals surface area contributed by atoms with Crippen LogP contribution in [-0.2, 0) is 16.8 Å². The van der Waals surface area contributed by atoms with Crippen molar-refractivity contribution in [1.82, 2.24) is 10.2 Å². The molecule has 27 heavy (non-hydrogen) atoms. The van der Waals surface area contributed by atoms with Crippen molar-refractivity contribution in [1.29, 1.82) is 0 Å². The summed E-state index contributed by atoms with van der Waals surface area (Å²) >= 11 is 0. The van der Waals surface area contributed by atoms with E-state index >= 15 is 0 Å². The van der Waals surface area contributed by atoms with Gasteiger partial charge in [-0.05, 0) is 29.9 Å². The SMILES string of the molecule is O=C1N[C@@](Cc2ccccc2)(c2ccccc2)C(=O)N1CC1CCCCC1. The topological polar surface area (TPSA) is 49.4 Å². The number of amides is 3. The van der Waals surface area contributed by atoms with Crippen LogP contribution in [-0.4, -0.2) is 23.4 Å². The lowest BCUT2D eigenvalue weighted by Gasteiger charge is -2.29. The molecule has 2 aromatic carbocycles. The Morgan fingerprint density at radius 3 is 2.19 bits per heavy atom. The van der Waals surface area contributed by atoms with Crippen molar-refractivity contribution in [3.63, 3.8) is 0 Å². The zero-order valence-electron chi connectivity index (χ0n) is 15.6. The highest BCUT2D eigenvalue weighted by atomic mass is 16.2. The summed E-state index contributed by atoms with van der Waals surface area (Å²) in [5, 5.41) is 3.06. The summed E-state index contributed by atoms with van der Waals surface area (Å²) in [5.41, 5.74) is 0.863. The van der Waals surface area contributed by atoms with Crippen LogP contribution in [0.5, 0.6) is 0 Å². The van der Waals surface area contributed by atoms with Crippen LogP contribution < -0.4 is 5.32 Å². The Morgan fingerprint density at radius 1 is 0.889 bits per heavy atom. The van der Waals surface area contributed by atoms with E-state index in [0.717, 1.165) is 24.0 Å². The minimum Gasteiger partial charge on any atom is -0.319 e. The normalized spacial score (nSPS) is 23.5. The average molecular weight is 362 g/mol. The van der Waals surface area contributed by atoms with Crippen molar-refractivity contribution >= 4 is 11.9 Å². The Bertz CT molecular complexity index is 800. The zero-order valence-corrected chi connectivity index (χ0v) is 15.6. The summed E-state index contributed by atoms with van der Waals surface area (Å²) in [6, 6.07) is 19.3. The maximum absolute atomic E-state index is 13.6. The van der Waals surface area contributed by atoms with Crippen molar-refractivity contribution in [3.05, 3.63) is 71.8 Å². The molecular formula is C23H26N2O2. The van der Waals surface area contributed by atoms with E-state index in [4.69, 9.17) is 0 Å². The molecule has 0 spiro atoms. The zero-order chi connectivity index (χ0) is 18.7. The van der Waals surface area contributed by atoms with Crippen molar-refractivity contribution in [3.8, 4) is 0 Å². The van der Waals surface area contributed by atoms with E-state index in [1.807, 2.05) is 60.7 Å². The molecule has 1 heterocycles. The molecule has 1 N–H and O–H groups in total. The molecule has 4 rings (SSSR count). The molecule has 0 radical (unpaired) electrons. The van der Waals surface area contributed by atoms with E-state index in [9.17, 15) is 9.59 Å². The first kappa shape index (κ1) is 17.8. The molecular weight excluding hydrogens is 336 g/mol. The lowest BCUT2D eigenvalue weighted by atomic mass is 9.83. The van der Waals surface area contributed by atoms with E-state index < -0.39 is 5.54 Å². The monoisotopic (exact) mass is 362 g/mol. The number of carbonyl (C=O) groups excluding carboxylic acids is 2. The molecule has 2 aliphatic rings. The van der Waals surface area contributed by atoms with E-state index in [1.165, 1.54) is 24.2 Å². The Kier molecular flexibility index (Phi) is 4.97. The number of rotatable bonds is 5. The van der Waals surface area contributed by atoms with Gasteiger partial charge in [0, 0.05) is 13.0 Å². The molecule has 140 valence electrons. The molecule has 0 aromatic heterocycles. The van der Waals surface area contributed by atoms with Gasteiger partial charge in [-0.25, -0.2) is 4.79 Å². The van der Waals surface area contributed by atoms with Crippen LogP contribution in [0.15, 0.2) is 60.7 Å². The number of nitrogens with zero attached hydrogens (tertiary/aromatic N) is 1. The minimum atomic E-state index is -1.02. The summed E-state index contributed by atoms with van der Waals surface area (Å²) in [4.78, 5) is 27.9. The quantitative estimate of drug-likeness (QED) is 0.808. The fraction of sp³-hybridized carbons (Fsp3) is 0.391. The molecule has 0 bridgehead atoms. The Hall–Kier alpha value is -2.62. The molecule has 0 unspecified atom stereocenters. The van der Waals surface area contributed by atoms with Gasteiger partial charge in [-0.15, -0.1) is 0 Å². The molecule has 4 heteroatoms. The summed E-state index contributed by atoms with van der Waals surface area (Å²) in [6.45, 7) is 0.536. The van der Waals surface area contributed by atoms with E-state index in [0.29, 0.717) is 18.9 Å². The van der Waals surface area contributed by atoms with Crippen LogP contribution in [0.2, 0.25) is 0 Å². The van der Waals surface area contributed by atoms with Gasteiger partial charge in [-0.3, -0.25) is 9.69 Å². The predicted molar refractivity (Wildman–Crippen MR) is 105 cm³/mol. The van der Waals surface area contributed by atoms with Gasteiger partial charge < -0.3 is 5.32 Å². The van der Waals surface area contributed by atoms with Gasteiger partial charge in [0.05, 0.1) is 0 Å². The number of nitrogens with one attached hydrogen (secondary N) is 1. The van der Waals surface area contributed by atoms with Crippen LogP contribution >= 0.6 is 0 Å². The molecule has 1 saturated heterocycles. The number of hydrogen-bond acceptors (Lipinski definition) is 2. The molecule has 1 saturated carbocycles. The maximum Gasteiger partial charge on any atom is 0.325 e. The van der Waals surface area contributed by atoms with Crippen molar-refractivity contribution in [2.75, 3.05) is 6.54 Å². The summed E-state index contributed by atoms with van der Waals surface area (Å²) < 4.78 is 0. The number of imide groups is 1. The van der Waals surface area contributed by atoms with Crippen molar-refractivity contribution < 1.29 is 9.59 Å². The third kappa shape index (κ3) is 3.48. The smallest absolute Gasteiger partial charge is 0.319 e. The van der Waals surface area contributed by atoms with Gasteiger partial charge in [0.25, 0.3) is 5.91 Å². The molecule has 1 atom stereocenters. The van der Waals surface area contributed by atoms with Crippen LogP contribution in [0, 0.1) is 5.92 Å². The number of hydrogen-bond donors (Lipinski definition) is 1. The lowest BCUT2D eigenvalue weighted by molar-refractivity contribution is -0.132. The van der Waals surface area contributed by atoms with Gasteiger partial charge in [0.15, 0.2) is 5.54 Å². The first-order chi connectivity index (χ1) is 13.2. The lowest BCUT2D eigenvalue weighted by Crippen LogP contribution is -2.46. The van der Waals surface area contributed by atoms with Crippen LogP contribution in [0.25, 0.3) is 0 Å². The second-order valence-corrected chi connectivity index (χ2v) is 7.78. The van der Waals surface area contributed by atoms with E-state index in [-0.39, 0.29) is 11.9 Å². The number of benzene rings is 2. The third-order valence-electron chi connectivity index (χ3n) is 5.92. The van der Waals surface area contributed by atoms with Crippen molar-refractivity contribution in [2.45, 2.75) is 44.1 Å². The standard InChI is InChI=1S/C23H26N2O2/c26-21-23(20-14-8-3-9-15-20,16-18-10-4-1-5-11-18)24-22(27)25(21)17-19-12-6-2-7-13-19/h1,3-5,8-11,14-15,19H,2,6-7,12-13,16-17H2,(H,24,27)/t23-/m0/s1. The highest BCUT2D eigenvalue weighted by Gasteiger charge is 2.52. The van der Waals surface area contributed by atoms with Gasteiger partial charge in [-0.2, -0.15) is 0 Å². The molecule has 1 aliphatic carbocycles. The molecule has 3 amide bonds. The molecule has 4 nitrogen and oxygen atoms in total. The van der Waals surface area contributed by atoms with Crippen LogP contribution in [0.3, 0.4) is 0 Å². The maximum atomic E-state index is 13.6. The summed E-state index contributed by atoms with van der Waals surface area (Å²) in [5.74, 6) is 0.310. The average Bonchev–Trinajstić information content (AvgIpc) is 2.95. The fourth-order valence-corrected chi connectivity index (χ4v) is 4.46. The second-order valence-electron chi connectivity index (χ2n) is 7.78. The minimum absolute atomic E-state index is 0.117. The van der Waals surface area contributed by atoms with Crippen LogP contribution in [0.1, 0.15) is 43.2 Å². The number of urea groups is 1.